The van der Waals surface area contributed by atoms with Gasteiger partial charge in [0.15, 0.2) is 0 Å². The van der Waals surface area contributed by atoms with Gasteiger partial charge in [-0.3, -0.25) is 9.69 Å². The Bertz CT molecular complexity index is 716. The molecular formula is C20H23ClN2O. The van der Waals surface area contributed by atoms with Crippen LogP contribution in [0.4, 0.5) is 0 Å². The van der Waals surface area contributed by atoms with Crippen molar-refractivity contribution in [1.82, 2.24) is 9.80 Å². The van der Waals surface area contributed by atoms with Gasteiger partial charge in [0.25, 0.3) is 5.91 Å². The number of hydrogen-bond donors (Lipinski definition) is 0. The highest BCUT2D eigenvalue weighted by Crippen LogP contribution is 2.15. The molecule has 0 radical (unpaired) electrons. The molecule has 1 aliphatic rings. The number of carbonyl (C=O) groups excluding carboxylic acids is 1. The van der Waals surface area contributed by atoms with Gasteiger partial charge in [0.1, 0.15) is 0 Å². The number of carbonyl (C=O) groups is 1. The molecule has 1 amide bonds. The molecule has 3 nitrogen and oxygen atoms in total. The van der Waals surface area contributed by atoms with Gasteiger partial charge >= 0.3 is 0 Å². The lowest BCUT2D eigenvalue weighted by atomic mass is 10.1. The molecular weight excluding hydrogens is 320 g/mol. The molecule has 1 saturated heterocycles. The second kappa shape index (κ2) is 7.82. The van der Waals surface area contributed by atoms with Crippen molar-refractivity contribution in [3.05, 3.63) is 70.2 Å². The van der Waals surface area contributed by atoms with Gasteiger partial charge < -0.3 is 4.90 Å². The Morgan fingerprint density at radius 1 is 1.04 bits per heavy atom. The summed E-state index contributed by atoms with van der Waals surface area (Å²) in [7, 11) is 0. The quantitative estimate of drug-likeness (QED) is 0.841. The van der Waals surface area contributed by atoms with Crippen LogP contribution in [0.5, 0.6) is 0 Å². The standard InChI is InChI=1S/C20H23ClN2O/c1-16-5-2-6-17(13-16)15-22-9-4-10-23(12-11-22)20(24)18-7-3-8-19(21)14-18/h2-3,5-8,13-14H,4,9-12,15H2,1H3. The Balaban J connectivity index is 1.61. The van der Waals surface area contributed by atoms with E-state index in [1.807, 2.05) is 17.0 Å². The molecule has 126 valence electrons. The molecule has 4 heteroatoms. The van der Waals surface area contributed by atoms with E-state index in [-0.39, 0.29) is 5.91 Å². The number of nitrogens with zero attached hydrogens (tertiary/aromatic N) is 2. The van der Waals surface area contributed by atoms with Crippen LogP contribution in [-0.4, -0.2) is 41.9 Å². The average molecular weight is 343 g/mol. The van der Waals surface area contributed by atoms with Crippen molar-refractivity contribution in [2.75, 3.05) is 26.2 Å². The maximum Gasteiger partial charge on any atom is 0.253 e. The van der Waals surface area contributed by atoms with Crippen LogP contribution in [0, 0.1) is 6.92 Å². The van der Waals surface area contributed by atoms with Crippen LogP contribution >= 0.6 is 11.6 Å². The normalized spacial score (nSPS) is 16.0. The number of benzene rings is 2. The summed E-state index contributed by atoms with van der Waals surface area (Å²) in [6.07, 6.45) is 0.998. The molecule has 1 heterocycles. The van der Waals surface area contributed by atoms with Crippen molar-refractivity contribution >= 4 is 17.5 Å². The highest BCUT2D eigenvalue weighted by atomic mass is 35.5. The van der Waals surface area contributed by atoms with E-state index in [4.69, 9.17) is 11.6 Å². The zero-order chi connectivity index (χ0) is 16.9. The largest absolute Gasteiger partial charge is 0.337 e. The van der Waals surface area contributed by atoms with Gasteiger partial charge in [-0.05, 0) is 37.1 Å². The van der Waals surface area contributed by atoms with E-state index in [1.165, 1.54) is 11.1 Å². The number of rotatable bonds is 3. The van der Waals surface area contributed by atoms with Gasteiger partial charge in [-0.25, -0.2) is 0 Å². The van der Waals surface area contributed by atoms with Crippen molar-refractivity contribution in [3.63, 3.8) is 0 Å². The first-order chi connectivity index (χ1) is 11.6. The molecule has 0 atom stereocenters. The fourth-order valence-corrected chi connectivity index (χ4v) is 3.40. The Kier molecular flexibility index (Phi) is 5.54. The van der Waals surface area contributed by atoms with Gasteiger partial charge in [0.05, 0.1) is 0 Å². The van der Waals surface area contributed by atoms with E-state index < -0.39 is 0 Å². The van der Waals surface area contributed by atoms with Gasteiger partial charge in [-0.15, -0.1) is 0 Å². The lowest BCUT2D eigenvalue weighted by Crippen LogP contribution is -2.35. The van der Waals surface area contributed by atoms with Crippen LogP contribution in [0.1, 0.15) is 27.9 Å². The van der Waals surface area contributed by atoms with E-state index in [0.29, 0.717) is 10.6 Å². The first-order valence-corrected chi connectivity index (χ1v) is 8.82. The smallest absolute Gasteiger partial charge is 0.253 e. The van der Waals surface area contributed by atoms with Crippen LogP contribution in [0.15, 0.2) is 48.5 Å². The second-order valence-electron chi connectivity index (χ2n) is 6.42. The van der Waals surface area contributed by atoms with E-state index >= 15 is 0 Å². The molecule has 0 saturated carbocycles. The lowest BCUT2D eigenvalue weighted by Gasteiger charge is -2.22. The van der Waals surface area contributed by atoms with Crippen molar-refractivity contribution in [3.8, 4) is 0 Å². The average Bonchev–Trinajstić information content (AvgIpc) is 2.80. The third kappa shape index (κ3) is 4.37. The number of halogens is 1. The summed E-state index contributed by atoms with van der Waals surface area (Å²) < 4.78 is 0. The minimum atomic E-state index is 0.0786. The minimum Gasteiger partial charge on any atom is -0.337 e. The van der Waals surface area contributed by atoms with Crippen LogP contribution in [0.25, 0.3) is 0 Å². The summed E-state index contributed by atoms with van der Waals surface area (Å²) in [5, 5.41) is 0.608. The third-order valence-corrected chi connectivity index (χ3v) is 4.67. The molecule has 0 aromatic heterocycles. The van der Waals surface area contributed by atoms with Gasteiger partial charge in [0, 0.05) is 43.3 Å². The van der Waals surface area contributed by atoms with Crippen LogP contribution in [-0.2, 0) is 6.54 Å². The van der Waals surface area contributed by atoms with Crippen molar-refractivity contribution < 1.29 is 4.79 Å². The van der Waals surface area contributed by atoms with Crippen molar-refractivity contribution in [2.24, 2.45) is 0 Å². The number of hydrogen-bond acceptors (Lipinski definition) is 2. The van der Waals surface area contributed by atoms with Gasteiger partial charge in [-0.2, -0.15) is 0 Å². The molecule has 1 fully saturated rings. The zero-order valence-electron chi connectivity index (χ0n) is 14.0. The molecule has 0 bridgehead atoms. The van der Waals surface area contributed by atoms with Crippen LogP contribution < -0.4 is 0 Å². The summed E-state index contributed by atoms with van der Waals surface area (Å²) in [5.74, 6) is 0.0786. The molecule has 0 aliphatic carbocycles. The fraction of sp³-hybridized carbons (Fsp3) is 0.350. The first-order valence-electron chi connectivity index (χ1n) is 8.44. The van der Waals surface area contributed by atoms with Crippen LogP contribution in [0.2, 0.25) is 5.02 Å². The van der Waals surface area contributed by atoms with Gasteiger partial charge in [0.2, 0.25) is 0 Å². The first kappa shape index (κ1) is 17.0. The summed E-state index contributed by atoms with van der Waals surface area (Å²) >= 11 is 6.01. The predicted octanol–water partition coefficient (Wildman–Crippen LogP) is 4.00. The summed E-state index contributed by atoms with van der Waals surface area (Å²) in [5.41, 5.74) is 3.30. The Labute approximate surface area is 148 Å². The highest BCUT2D eigenvalue weighted by molar-refractivity contribution is 6.30. The van der Waals surface area contributed by atoms with E-state index in [1.54, 1.807) is 12.1 Å². The predicted molar refractivity (Wildman–Crippen MR) is 98.4 cm³/mol. The Hall–Kier alpha value is -1.84. The Morgan fingerprint density at radius 3 is 2.67 bits per heavy atom. The Morgan fingerprint density at radius 2 is 1.88 bits per heavy atom. The van der Waals surface area contributed by atoms with Gasteiger partial charge in [-0.1, -0.05) is 47.5 Å². The highest BCUT2D eigenvalue weighted by Gasteiger charge is 2.20. The lowest BCUT2D eigenvalue weighted by molar-refractivity contribution is 0.0761. The van der Waals surface area contributed by atoms with Crippen LogP contribution in [0.3, 0.4) is 0 Å². The molecule has 0 N–H and O–H groups in total. The molecule has 1 aliphatic heterocycles. The molecule has 3 rings (SSSR count). The monoisotopic (exact) mass is 342 g/mol. The molecule has 24 heavy (non-hydrogen) atoms. The van der Waals surface area contributed by atoms with E-state index in [2.05, 4.69) is 36.1 Å². The topological polar surface area (TPSA) is 23.6 Å². The molecule has 2 aromatic carbocycles. The summed E-state index contributed by atoms with van der Waals surface area (Å²) in [4.78, 5) is 17.0. The van der Waals surface area contributed by atoms with Crippen molar-refractivity contribution in [1.29, 1.82) is 0 Å². The maximum atomic E-state index is 12.7. The molecule has 2 aromatic rings. The fourth-order valence-electron chi connectivity index (χ4n) is 3.20. The number of amides is 1. The summed E-state index contributed by atoms with van der Waals surface area (Å²) in [6.45, 7) is 6.55. The third-order valence-electron chi connectivity index (χ3n) is 4.44. The molecule has 0 unspecified atom stereocenters. The SMILES string of the molecule is Cc1cccc(CN2CCCN(C(=O)c3cccc(Cl)c3)CC2)c1. The van der Waals surface area contributed by atoms with E-state index in [9.17, 15) is 4.79 Å². The second-order valence-corrected chi connectivity index (χ2v) is 6.86. The van der Waals surface area contributed by atoms with Crippen molar-refractivity contribution in [2.45, 2.75) is 19.9 Å². The number of aryl methyl sites for hydroxylation is 1. The zero-order valence-corrected chi connectivity index (χ0v) is 14.8. The molecule has 0 spiro atoms. The summed E-state index contributed by atoms with van der Waals surface area (Å²) in [6, 6.07) is 15.9. The maximum absolute atomic E-state index is 12.7. The minimum absolute atomic E-state index is 0.0786. The van der Waals surface area contributed by atoms with E-state index in [0.717, 1.165) is 39.1 Å².